The van der Waals surface area contributed by atoms with Crippen LogP contribution >= 0.6 is 46.6 Å². The van der Waals surface area contributed by atoms with Crippen molar-refractivity contribution >= 4 is 63.8 Å². The van der Waals surface area contributed by atoms with Crippen LogP contribution in [0, 0.1) is 0 Å². The van der Waals surface area contributed by atoms with E-state index in [4.69, 9.17) is 39.2 Å². The number of hydrogen-bond acceptors (Lipinski definition) is 6. The second kappa shape index (κ2) is 9.32. The van der Waals surface area contributed by atoms with Crippen molar-refractivity contribution in [2.45, 2.75) is 11.8 Å². The predicted octanol–water partition coefficient (Wildman–Crippen LogP) is 5.37. The maximum absolute atomic E-state index is 12.0. The number of amides is 1. The zero-order chi connectivity index (χ0) is 19.2. The van der Waals surface area contributed by atoms with Gasteiger partial charge in [0, 0.05) is 16.4 Å². The molecule has 0 spiro atoms. The van der Waals surface area contributed by atoms with Gasteiger partial charge in [-0.25, -0.2) is 0 Å². The molecule has 140 valence electrons. The average Bonchev–Trinajstić information content (AvgIpc) is 3.09. The number of nitrogens with one attached hydrogen (secondary N) is 2. The zero-order valence-electron chi connectivity index (χ0n) is 13.7. The molecule has 0 saturated heterocycles. The van der Waals surface area contributed by atoms with Gasteiger partial charge in [0.05, 0.1) is 22.3 Å². The van der Waals surface area contributed by atoms with Crippen molar-refractivity contribution in [3.05, 3.63) is 63.4 Å². The minimum Gasteiger partial charge on any atom is -0.414 e. The van der Waals surface area contributed by atoms with E-state index in [1.807, 2.05) is 12.1 Å². The first-order chi connectivity index (χ1) is 13.0. The highest BCUT2D eigenvalue weighted by Gasteiger charge is 2.10. The lowest BCUT2D eigenvalue weighted by Crippen LogP contribution is -2.13. The quantitative estimate of drug-likeness (QED) is 0.478. The Labute approximate surface area is 174 Å². The molecular weight excluding hydrogens is 431 g/mol. The van der Waals surface area contributed by atoms with Crippen molar-refractivity contribution in [3.63, 3.8) is 0 Å². The smallest absolute Gasteiger partial charge is 0.277 e. The first kappa shape index (κ1) is 19.8. The molecule has 6 nitrogen and oxygen atoms in total. The number of hydrogen-bond donors (Lipinski definition) is 2. The molecule has 0 unspecified atom stereocenters. The Bertz CT molecular complexity index is 951. The number of benzene rings is 2. The van der Waals surface area contributed by atoms with Crippen molar-refractivity contribution in [2.24, 2.45) is 0 Å². The summed E-state index contributed by atoms with van der Waals surface area (Å²) in [4.78, 5) is 12.0. The normalized spacial score (nSPS) is 10.6. The van der Waals surface area contributed by atoms with Gasteiger partial charge in [-0.15, -0.1) is 10.2 Å². The maximum Gasteiger partial charge on any atom is 0.277 e. The van der Waals surface area contributed by atoms with E-state index in [1.165, 1.54) is 0 Å². The molecule has 1 amide bonds. The van der Waals surface area contributed by atoms with Crippen molar-refractivity contribution in [1.82, 2.24) is 10.2 Å². The molecule has 10 heteroatoms. The Hall–Kier alpha value is -1.93. The first-order valence-corrected chi connectivity index (χ1v) is 9.81. The van der Waals surface area contributed by atoms with Gasteiger partial charge >= 0.3 is 0 Å². The Morgan fingerprint density at radius 3 is 2.67 bits per heavy atom. The molecule has 2 aromatic carbocycles. The third-order valence-corrected chi connectivity index (χ3v) is 5.04. The van der Waals surface area contributed by atoms with E-state index in [0.717, 1.165) is 17.4 Å². The lowest BCUT2D eigenvalue weighted by Gasteiger charge is -2.05. The van der Waals surface area contributed by atoms with Crippen LogP contribution in [0.3, 0.4) is 0 Å². The summed E-state index contributed by atoms with van der Waals surface area (Å²) in [6.45, 7) is 0.351. The summed E-state index contributed by atoms with van der Waals surface area (Å²) >= 11 is 18.8. The summed E-state index contributed by atoms with van der Waals surface area (Å²) in [6.07, 6.45) is 0. The van der Waals surface area contributed by atoms with Crippen LogP contribution in [0.2, 0.25) is 15.1 Å². The second-order valence-electron chi connectivity index (χ2n) is 5.29. The van der Waals surface area contributed by atoms with E-state index < -0.39 is 0 Å². The molecule has 1 aromatic heterocycles. The molecule has 3 rings (SSSR count). The summed E-state index contributed by atoms with van der Waals surface area (Å²) in [5, 5.41) is 15.4. The Morgan fingerprint density at radius 2 is 1.89 bits per heavy atom. The second-order valence-corrected chi connectivity index (χ2v) is 7.47. The summed E-state index contributed by atoms with van der Waals surface area (Å²) in [5.41, 5.74) is 1.41. The molecule has 0 radical (unpaired) electrons. The number of anilines is 2. The van der Waals surface area contributed by atoms with E-state index >= 15 is 0 Å². The average molecular weight is 444 g/mol. The number of carbonyl (C=O) groups is 1. The SMILES string of the molecule is O=C(CSc1nnc(CNc2cccc(Cl)c2)o1)Nc1ccc(Cl)c(Cl)c1. The van der Waals surface area contributed by atoms with Crippen molar-refractivity contribution < 1.29 is 9.21 Å². The molecule has 1 heterocycles. The van der Waals surface area contributed by atoms with Crippen LogP contribution in [-0.4, -0.2) is 21.9 Å². The van der Waals surface area contributed by atoms with Gasteiger partial charge in [-0.2, -0.15) is 0 Å². The fraction of sp³-hybridized carbons (Fsp3) is 0.118. The van der Waals surface area contributed by atoms with Gasteiger partial charge in [0.2, 0.25) is 11.8 Å². The summed E-state index contributed by atoms with van der Waals surface area (Å²) in [7, 11) is 0. The van der Waals surface area contributed by atoms with E-state index in [0.29, 0.717) is 38.4 Å². The highest BCUT2D eigenvalue weighted by atomic mass is 35.5. The van der Waals surface area contributed by atoms with E-state index in [-0.39, 0.29) is 11.7 Å². The number of thioether (sulfide) groups is 1. The molecule has 0 bridgehead atoms. The monoisotopic (exact) mass is 442 g/mol. The standard InChI is InChI=1S/C17H13Cl3N4O2S/c18-10-2-1-3-11(6-10)21-8-16-23-24-17(26-16)27-9-15(25)22-12-4-5-13(19)14(20)7-12/h1-7,21H,8-9H2,(H,22,25). The molecule has 2 N–H and O–H groups in total. The van der Waals surface area contributed by atoms with Crippen LogP contribution in [0.5, 0.6) is 0 Å². The highest BCUT2D eigenvalue weighted by molar-refractivity contribution is 7.99. The third-order valence-electron chi connectivity index (χ3n) is 3.25. The van der Waals surface area contributed by atoms with Gasteiger partial charge in [-0.05, 0) is 36.4 Å². The molecular formula is C17H13Cl3N4O2S. The predicted molar refractivity (Wildman–Crippen MR) is 109 cm³/mol. The maximum atomic E-state index is 12.0. The third kappa shape index (κ3) is 6.04. The minimum atomic E-state index is -0.227. The minimum absolute atomic E-state index is 0.115. The van der Waals surface area contributed by atoms with E-state index in [9.17, 15) is 4.79 Å². The van der Waals surface area contributed by atoms with Crippen LogP contribution < -0.4 is 10.6 Å². The molecule has 0 saturated carbocycles. The van der Waals surface area contributed by atoms with Gasteiger partial charge in [-0.1, -0.05) is 52.6 Å². The number of halogens is 3. The molecule has 0 aliphatic rings. The lowest BCUT2D eigenvalue weighted by atomic mass is 10.3. The van der Waals surface area contributed by atoms with Crippen LogP contribution in [-0.2, 0) is 11.3 Å². The van der Waals surface area contributed by atoms with Crippen LogP contribution in [0.4, 0.5) is 11.4 Å². The first-order valence-electron chi connectivity index (χ1n) is 7.69. The van der Waals surface area contributed by atoms with Crippen LogP contribution in [0.25, 0.3) is 0 Å². The molecule has 0 aliphatic heterocycles. The number of rotatable bonds is 7. The van der Waals surface area contributed by atoms with Crippen LogP contribution in [0.1, 0.15) is 5.89 Å². The van der Waals surface area contributed by atoms with Gasteiger partial charge in [0.25, 0.3) is 5.22 Å². The zero-order valence-corrected chi connectivity index (χ0v) is 16.8. The fourth-order valence-electron chi connectivity index (χ4n) is 2.04. The van der Waals surface area contributed by atoms with Gasteiger partial charge < -0.3 is 15.1 Å². The summed E-state index contributed by atoms with van der Waals surface area (Å²) < 4.78 is 5.50. The number of carbonyl (C=O) groups excluding carboxylic acids is 1. The van der Waals surface area contributed by atoms with Crippen LogP contribution in [0.15, 0.2) is 52.1 Å². The molecule has 3 aromatic rings. The van der Waals surface area contributed by atoms with Crippen molar-refractivity contribution in [2.75, 3.05) is 16.4 Å². The lowest BCUT2D eigenvalue weighted by molar-refractivity contribution is -0.113. The fourth-order valence-corrected chi connectivity index (χ4v) is 3.11. The van der Waals surface area contributed by atoms with Gasteiger partial charge in [-0.3, -0.25) is 4.79 Å². The number of nitrogens with zero attached hydrogens (tertiary/aromatic N) is 2. The van der Waals surface area contributed by atoms with Gasteiger partial charge in [0.15, 0.2) is 0 Å². The van der Waals surface area contributed by atoms with Crippen molar-refractivity contribution in [1.29, 1.82) is 0 Å². The molecule has 0 aliphatic carbocycles. The largest absolute Gasteiger partial charge is 0.414 e. The van der Waals surface area contributed by atoms with Gasteiger partial charge in [0.1, 0.15) is 0 Å². The molecule has 0 fully saturated rings. The highest BCUT2D eigenvalue weighted by Crippen LogP contribution is 2.25. The summed E-state index contributed by atoms with van der Waals surface area (Å²) in [5.74, 6) is 0.293. The number of aromatic nitrogens is 2. The molecule has 0 atom stereocenters. The molecule has 27 heavy (non-hydrogen) atoms. The Kier molecular flexibility index (Phi) is 6.84. The summed E-state index contributed by atoms with van der Waals surface area (Å²) in [6, 6.07) is 12.2. The Balaban J connectivity index is 1.47. The van der Waals surface area contributed by atoms with E-state index in [2.05, 4.69) is 20.8 Å². The van der Waals surface area contributed by atoms with Crippen molar-refractivity contribution in [3.8, 4) is 0 Å². The Morgan fingerprint density at radius 1 is 1.04 bits per heavy atom. The van der Waals surface area contributed by atoms with E-state index in [1.54, 1.807) is 30.3 Å². The topological polar surface area (TPSA) is 80.1 Å².